The van der Waals surface area contributed by atoms with Gasteiger partial charge in [0, 0.05) is 56.1 Å². The van der Waals surface area contributed by atoms with Crippen molar-refractivity contribution < 1.29 is 0 Å². The van der Waals surface area contributed by atoms with Crippen molar-refractivity contribution in [2.24, 2.45) is 5.92 Å². The predicted octanol–water partition coefficient (Wildman–Crippen LogP) is 2.72. The van der Waals surface area contributed by atoms with Gasteiger partial charge in [0.15, 0.2) is 0 Å². The van der Waals surface area contributed by atoms with Crippen LogP contribution in [0.15, 0.2) is 36.8 Å². The molecular weight excluding hydrogens is 338 g/mol. The summed E-state index contributed by atoms with van der Waals surface area (Å²) in [6.45, 7) is 9.36. The number of likely N-dealkylation sites (N-methyl/N-ethyl adjacent to an activating group) is 1. The normalized spacial score (nSPS) is 16.3. The molecule has 1 aliphatic heterocycles. The largest absolute Gasteiger partial charge is 0.304 e. The summed E-state index contributed by atoms with van der Waals surface area (Å²) in [7, 11) is 2.15. The Morgan fingerprint density at radius 1 is 1.07 bits per heavy atom. The summed E-state index contributed by atoms with van der Waals surface area (Å²) in [4.78, 5) is 11.5. The summed E-state index contributed by atoms with van der Waals surface area (Å²) < 4.78 is 2.00. The van der Waals surface area contributed by atoms with E-state index in [0.29, 0.717) is 11.9 Å². The van der Waals surface area contributed by atoms with Gasteiger partial charge in [0.1, 0.15) is 0 Å². The Morgan fingerprint density at radius 3 is 2.67 bits per heavy atom. The first-order valence-electron chi connectivity index (χ1n) is 9.56. The second-order valence-electron chi connectivity index (χ2n) is 7.71. The lowest BCUT2D eigenvalue weighted by Gasteiger charge is -2.32. The van der Waals surface area contributed by atoms with E-state index in [1.54, 1.807) is 0 Å². The van der Waals surface area contributed by atoms with Crippen LogP contribution in [0.4, 0.5) is 5.95 Å². The third kappa shape index (κ3) is 4.26. The summed E-state index contributed by atoms with van der Waals surface area (Å²) in [6, 6.07) is 6.29. The molecule has 1 fully saturated rings. The number of benzene rings is 1. The van der Waals surface area contributed by atoms with E-state index < -0.39 is 0 Å². The van der Waals surface area contributed by atoms with E-state index in [1.165, 1.54) is 0 Å². The van der Waals surface area contributed by atoms with Gasteiger partial charge in [-0.05, 0) is 30.7 Å². The third-order valence-electron chi connectivity index (χ3n) is 4.86. The number of hydrogen-bond acceptors (Lipinski definition) is 6. The van der Waals surface area contributed by atoms with E-state index in [-0.39, 0.29) is 0 Å². The van der Waals surface area contributed by atoms with E-state index in [1.807, 2.05) is 17.1 Å². The SMILES string of the molecule is CC(C)Cn1cc(-c2ccc3nc(NN4CCN(C)CC4)ncc3c2)cn1. The Labute approximate surface area is 160 Å². The second-order valence-corrected chi connectivity index (χ2v) is 7.71. The number of nitrogens with one attached hydrogen (secondary N) is 1. The minimum Gasteiger partial charge on any atom is -0.304 e. The molecule has 1 N–H and O–H groups in total. The van der Waals surface area contributed by atoms with E-state index in [0.717, 1.165) is 54.8 Å². The maximum atomic E-state index is 4.67. The van der Waals surface area contributed by atoms with Crippen LogP contribution >= 0.6 is 0 Å². The molecule has 0 bridgehead atoms. The lowest BCUT2D eigenvalue weighted by Crippen LogP contribution is -2.47. The molecule has 0 spiro atoms. The Bertz CT molecular complexity index is 910. The Balaban J connectivity index is 1.51. The highest BCUT2D eigenvalue weighted by Gasteiger charge is 2.14. The number of piperazine rings is 1. The van der Waals surface area contributed by atoms with Crippen molar-refractivity contribution in [3.63, 3.8) is 0 Å². The minimum atomic E-state index is 0.578. The average Bonchev–Trinajstić information content (AvgIpc) is 3.11. The Morgan fingerprint density at radius 2 is 1.89 bits per heavy atom. The third-order valence-corrected chi connectivity index (χ3v) is 4.86. The molecule has 3 heterocycles. The van der Waals surface area contributed by atoms with Gasteiger partial charge in [-0.1, -0.05) is 19.9 Å². The first-order valence-corrected chi connectivity index (χ1v) is 9.56. The molecule has 0 amide bonds. The highest BCUT2D eigenvalue weighted by Crippen LogP contribution is 2.24. The first-order chi connectivity index (χ1) is 13.1. The number of anilines is 1. The molecular formula is C20H27N7. The van der Waals surface area contributed by atoms with Gasteiger partial charge in [0.25, 0.3) is 0 Å². The Kier molecular flexibility index (Phi) is 5.05. The van der Waals surface area contributed by atoms with Crippen LogP contribution < -0.4 is 5.43 Å². The molecule has 0 aliphatic carbocycles. The molecule has 27 heavy (non-hydrogen) atoms. The lowest BCUT2D eigenvalue weighted by molar-refractivity contribution is 0.178. The molecule has 0 saturated carbocycles. The summed E-state index contributed by atoms with van der Waals surface area (Å²) in [5.41, 5.74) is 6.54. The zero-order valence-electron chi connectivity index (χ0n) is 16.3. The topological polar surface area (TPSA) is 62.1 Å². The number of hydrazine groups is 1. The quantitative estimate of drug-likeness (QED) is 0.750. The fraction of sp³-hybridized carbons (Fsp3) is 0.450. The number of hydrogen-bond donors (Lipinski definition) is 1. The average molecular weight is 365 g/mol. The molecule has 1 saturated heterocycles. The molecule has 142 valence electrons. The molecule has 1 aromatic carbocycles. The molecule has 4 rings (SSSR count). The highest BCUT2D eigenvalue weighted by atomic mass is 15.5. The van der Waals surface area contributed by atoms with Gasteiger partial charge in [-0.3, -0.25) is 10.1 Å². The smallest absolute Gasteiger partial charge is 0.238 e. The van der Waals surface area contributed by atoms with Crippen molar-refractivity contribution in [3.8, 4) is 11.1 Å². The van der Waals surface area contributed by atoms with Crippen molar-refractivity contribution in [2.75, 3.05) is 38.7 Å². The maximum absolute atomic E-state index is 4.67. The highest BCUT2D eigenvalue weighted by molar-refractivity contribution is 5.84. The van der Waals surface area contributed by atoms with Crippen LogP contribution in [0, 0.1) is 5.92 Å². The predicted molar refractivity (Wildman–Crippen MR) is 108 cm³/mol. The van der Waals surface area contributed by atoms with Crippen molar-refractivity contribution in [3.05, 3.63) is 36.8 Å². The summed E-state index contributed by atoms with van der Waals surface area (Å²) in [5.74, 6) is 1.23. The van der Waals surface area contributed by atoms with Gasteiger partial charge < -0.3 is 4.90 Å². The van der Waals surface area contributed by atoms with Crippen molar-refractivity contribution in [1.29, 1.82) is 0 Å². The summed E-state index contributed by atoms with van der Waals surface area (Å²) >= 11 is 0. The molecule has 7 heteroatoms. The van der Waals surface area contributed by atoms with Gasteiger partial charge in [-0.25, -0.2) is 15.0 Å². The number of rotatable bonds is 5. The van der Waals surface area contributed by atoms with E-state index in [2.05, 4.69) is 75.7 Å². The fourth-order valence-electron chi connectivity index (χ4n) is 3.31. The molecule has 0 unspecified atom stereocenters. The van der Waals surface area contributed by atoms with Gasteiger partial charge in [0.05, 0.1) is 11.7 Å². The van der Waals surface area contributed by atoms with E-state index in [4.69, 9.17) is 0 Å². The summed E-state index contributed by atoms with van der Waals surface area (Å²) in [5, 5.41) is 7.68. The van der Waals surface area contributed by atoms with Gasteiger partial charge in [0.2, 0.25) is 5.95 Å². The molecule has 0 atom stereocenters. The van der Waals surface area contributed by atoms with E-state index >= 15 is 0 Å². The molecule has 1 aliphatic rings. The van der Waals surface area contributed by atoms with E-state index in [9.17, 15) is 0 Å². The molecule has 2 aromatic heterocycles. The molecule has 3 aromatic rings. The van der Waals surface area contributed by atoms with Crippen LogP contribution in [-0.2, 0) is 6.54 Å². The number of nitrogens with zero attached hydrogens (tertiary/aromatic N) is 6. The minimum absolute atomic E-state index is 0.578. The zero-order valence-corrected chi connectivity index (χ0v) is 16.3. The second kappa shape index (κ2) is 7.62. The zero-order chi connectivity index (χ0) is 18.8. The van der Waals surface area contributed by atoms with Crippen molar-refractivity contribution in [2.45, 2.75) is 20.4 Å². The van der Waals surface area contributed by atoms with Crippen molar-refractivity contribution >= 4 is 16.9 Å². The fourth-order valence-corrected chi connectivity index (χ4v) is 3.31. The standard InChI is InChI=1S/C20H27N7/c1-15(2)13-27-14-18(12-22-27)16-4-5-19-17(10-16)11-21-20(23-19)24-26-8-6-25(3)7-9-26/h4-5,10-12,14-15H,6-9,13H2,1-3H3,(H,21,23,24). The van der Waals surface area contributed by atoms with Gasteiger partial charge in [-0.2, -0.15) is 5.10 Å². The lowest BCUT2D eigenvalue weighted by atomic mass is 10.1. The van der Waals surface area contributed by atoms with Crippen LogP contribution in [0.1, 0.15) is 13.8 Å². The van der Waals surface area contributed by atoms with Gasteiger partial charge >= 0.3 is 0 Å². The van der Waals surface area contributed by atoms with Gasteiger partial charge in [-0.15, -0.1) is 0 Å². The van der Waals surface area contributed by atoms with Crippen LogP contribution in [0.25, 0.3) is 22.0 Å². The van der Waals surface area contributed by atoms with Crippen LogP contribution in [0.3, 0.4) is 0 Å². The van der Waals surface area contributed by atoms with Crippen LogP contribution in [-0.4, -0.2) is 62.9 Å². The Hall–Kier alpha value is -2.51. The molecule has 7 nitrogen and oxygen atoms in total. The van der Waals surface area contributed by atoms with Crippen LogP contribution in [0.2, 0.25) is 0 Å². The maximum Gasteiger partial charge on any atom is 0.238 e. The molecule has 0 radical (unpaired) electrons. The first kappa shape index (κ1) is 17.9. The van der Waals surface area contributed by atoms with Crippen LogP contribution in [0.5, 0.6) is 0 Å². The number of fused-ring (bicyclic) bond motifs is 1. The summed E-state index contributed by atoms with van der Waals surface area (Å²) in [6.07, 6.45) is 5.92. The number of aromatic nitrogens is 4. The monoisotopic (exact) mass is 365 g/mol. The van der Waals surface area contributed by atoms with Crippen molar-refractivity contribution in [1.82, 2.24) is 29.7 Å².